The van der Waals surface area contributed by atoms with E-state index < -0.39 is 18.0 Å². The number of hydrogen-bond acceptors (Lipinski definition) is 4. The van der Waals surface area contributed by atoms with Gasteiger partial charge in [-0.15, -0.1) is 0 Å². The van der Waals surface area contributed by atoms with Crippen molar-refractivity contribution in [2.24, 2.45) is 5.92 Å². The Morgan fingerprint density at radius 1 is 1.67 bits per heavy atom. The summed E-state index contributed by atoms with van der Waals surface area (Å²) in [5.74, 6) is -0.965. The topological polar surface area (TPSA) is 88.5 Å². The van der Waals surface area contributed by atoms with Gasteiger partial charge in [-0.1, -0.05) is 6.92 Å². The second kappa shape index (κ2) is 4.93. The van der Waals surface area contributed by atoms with Crippen LogP contribution in [0.5, 0.6) is 5.75 Å². The molecule has 0 aromatic carbocycles. The van der Waals surface area contributed by atoms with Gasteiger partial charge in [-0.3, -0.25) is 9.59 Å². The summed E-state index contributed by atoms with van der Waals surface area (Å²) in [4.78, 5) is 26.5. The van der Waals surface area contributed by atoms with Crippen LogP contribution >= 0.6 is 15.9 Å². The maximum Gasteiger partial charge on any atom is 0.303 e. The van der Waals surface area contributed by atoms with Gasteiger partial charge in [-0.2, -0.15) is 0 Å². The molecule has 2 atom stereocenters. The minimum atomic E-state index is -0.960. The summed E-state index contributed by atoms with van der Waals surface area (Å²) >= 11 is 3.19. The smallest absolute Gasteiger partial charge is 0.303 e. The van der Waals surface area contributed by atoms with E-state index in [1.807, 2.05) is 0 Å². The van der Waals surface area contributed by atoms with Crippen molar-refractivity contribution in [3.8, 4) is 5.75 Å². The van der Waals surface area contributed by atoms with Gasteiger partial charge in [0.25, 0.3) is 5.91 Å². The fourth-order valence-corrected chi connectivity index (χ4v) is 2.05. The molecule has 1 aromatic rings. The number of ether oxygens (including phenoxy) is 1. The SMILES string of the molecule is CC(CC(=O)O)C1Oc2ccc(Br)nc2NC1=O. The van der Waals surface area contributed by atoms with Crippen LogP contribution in [0.4, 0.5) is 5.82 Å². The minimum Gasteiger partial charge on any atom is -0.481 e. The summed E-state index contributed by atoms with van der Waals surface area (Å²) < 4.78 is 6.09. The Morgan fingerprint density at radius 3 is 3.06 bits per heavy atom. The Hall–Kier alpha value is -1.63. The van der Waals surface area contributed by atoms with Crippen LogP contribution in [0.1, 0.15) is 13.3 Å². The lowest BCUT2D eigenvalue weighted by molar-refractivity contribution is -0.139. The molecule has 1 aliphatic rings. The molecule has 2 N–H and O–H groups in total. The van der Waals surface area contributed by atoms with E-state index in [0.29, 0.717) is 16.2 Å². The summed E-state index contributed by atoms with van der Waals surface area (Å²) in [6, 6.07) is 3.36. The standard InChI is InChI=1S/C11H11BrN2O4/c1-5(4-8(15)16)9-11(17)14-10-6(18-9)2-3-7(12)13-10/h2-3,5,9H,4H2,1H3,(H,15,16)(H,13,14,17). The molecule has 0 bridgehead atoms. The van der Waals surface area contributed by atoms with Crippen molar-refractivity contribution >= 4 is 33.6 Å². The third-order valence-corrected chi connectivity index (χ3v) is 3.03. The average molecular weight is 315 g/mol. The quantitative estimate of drug-likeness (QED) is 0.828. The monoisotopic (exact) mass is 314 g/mol. The second-order valence-electron chi connectivity index (χ2n) is 4.08. The molecule has 1 aromatic heterocycles. The lowest BCUT2D eigenvalue weighted by Gasteiger charge is -2.28. The molecule has 0 aliphatic carbocycles. The summed E-state index contributed by atoms with van der Waals surface area (Å²) in [7, 11) is 0. The van der Waals surface area contributed by atoms with Crippen LogP contribution in [0, 0.1) is 5.92 Å². The van der Waals surface area contributed by atoms with E-state index >= 15 is 0 Å². The summed E-state index contributed by atoms with van der Waals surface area (Å²) in [5.41, 5.74) is 0. The molecule has 18 heavy (non-hydrogen) atoms. The third kappa shape index (κ3) is 2.61. The maximum absolute atomic E-state index is 11.8. The van der Waals surface area contributed by atoms with Crippen molar-refractivity contribution in [3.63, 3.8) is 0 Å². The number of amides is 1. The van der Waals surface area contributed by atoms with Crippen LogP contribution in [0.3, 0.4) is 0 Å². The van der Waals surface area contributed by atoms with E-state index in [-0.39, 0.29) is 12.3 Å². The van der Waals surface area contributed by atoms with E-state index in [1.165, 1.54) is 0 Å². The number of aliphatic carboxylic acids is 1. The lowest BCUT2D eigenvalue weighted by Crippen LogP contribution is -2.42. The Morgan fingerprint density at radius 2 is 2.39 bits per heavy atom. The Kier molecular flexibility index (Phi) is 3.51. The molecule has 2 unspecified atom stereocenters. The Bertz CT molecular complexity index is 506. The van der Waals surface area contributed by atoms with Crippen molar-refractivity contribution in [1.29, 1.82) is 0 Å². The molecule has 1 amide bonds. The van der Waals surface area contributed by atoms with Gasteiger partial charge < -0.3 is 15.2 Å². The zero-order valence-electron chi connectivity index (χ0n) is 9.51. The van der Waals surface area contributed by atoms with Crippen LogP contribution < -0.4 is 10.1 Å². The summed E-state index contributed by atoms with van der Waals surface area (Å²) in [6.07, 6.45) is -0.936. The molecule has 0 radical (unpaired) electrons. The molecule has 2 heterocycles. The van der Waals surface area contributed by atoms with Crippen LogP contribution in [0.2, 0.25) is 0 Å². The third-order valence-electron chi connectivity index (χ3n) is 2.59. The number of aromatic nitrogens is 1. The molecule has 1 aliphatic heterocycles. The van der Waals surface area contributed by atoms with Gasteiger partial charge in [-0.25, -0.2) is 4.98 Å². The lowest BCUT2D eigenvalue weighted by atomic mass is 9.99. The highest BCUT2D eigenvalue weighted by atomic mass is 79.9. The van der Waals surface area contributed by atoms with Crippen LogP contribution in [-0.2, 0) is 9.59 Å². The Balaban J connectivity index is 2.20. The first-order valence-corrected chi connectivity index (χ1v) is 6.12. The molecule has 0 spiro atoms. The van der Waals surface area contributed by atoms with E-state index in [4.69, 9.17) is 9.84 Å². The van der Waals surface area contributed by atoms with Crippen LogP contribution in [0.25, 0.3) is 0 Å². The fourth-order valence-electron chi connectivity index (χ4n) is 1.74. The van der Waals surface area contributed by atoms with Gasteiger partial charge in [-0.05, 0) is 28.1 Å². The van der Waals surface area contributed by atoms with Crippen LogP contribution in [0.15, 0.2) is 16.7 Å². The van der Waals surface area contributed by atoms with E-state index in [0.717, 1.165) is 0 Å². The Labute approximate surface area is 111 Å². The molecule has 0 saturated heterocycles. The van der Waals surface area contributed by atoms with Gasteiger partial charge >= 0.3 is 5.97 Å². The van der Waals surface area contributed by atoms with Gasteiger partial charge in [0.05, 0.1) is 6.42 Å². The number of carboxylic acids is 1. The first-order chi connectivity index (χ1) is 8.47. The van der Waals surface area contributed by atoms with Crippen molar-refractivity contribution in [2.45, 2.75) is 19.4 Å². The first-order valence-electron chi connectivity index (χ1n) is 5.33. The minimum absolute atomic E-state index is 0.128. The highest BCUT2D eigenvalue weighted by Gasteiger charge is 2.34. The average Bonchev–Trinajstić information content (AvgIpc) is 2.26. The fraction of sp³-hybridized carbons (Fsp3) is 0.364. The van der Waals surface area contributed by atoms with Gasteiger partial charge in [0.1, 0.15) is 4.60 Å². The second-order valence-corrected chi connectivity index (χ2v) is 4.90. The molecule has 6 nitrogen and oxygen atoms in total. The summed E-state index contributed by atoms with van der Waals surface area (Å²) in [6.45, 7) is 1.66. The van der Waals surface area contributed by atoms with Gasteiger partial charge in [0, 0.05) is 5.92 Å². The highest BCUT2D eigenvalue weighted by molar-refractivity contribution is 9.10. The molecule has 0 fully saturated rings. The number of fused-ring (bicyclic) bond motifs is 1. The number of carboxylic acid groups (broad SMARTS) is 1. The normalized spacial score (nSPS) is 19.4. The number of pyridine rings is 1. The van der Waals surface area contributed by atoms with E-state index in [9.17, 15) is 9.59 Å². The zero-order chi connectivity index (χ0) is 13.3. The summed E-state index contributed by atoms with van der Waals surface area (Å²) in [5, 5.41) is 11.3. The van der Waals surface area contributed by atoms with Crippen molar-refractivity contribution < 1.29 is 19.4 Å². The molecular weight excluding hydrogens is 304 g/mol. The van der Waals surface area contributed by atoms with Crippen molar-refractivity contribution in [2.75, 3.05) is 5.32 Å². The molecule has 96 valence electrons. The number of halogens is 1. The largest absolute Gasteiger partial charge is 0.481 e. The molecule has 7 heteroatoms. The number of nitrogens with one attached hydrogen (secondary N) is 1. The van der Waals surface area contributed by atoms with Crippen molar-refractivity contribution in [3.05, 3.63) is 16.7 Å². The number of carbonyl (C=O) groups is 2. The zero-order valence-corrected chi connectivity index (χ0v) is 11.1. The molecular formula is C11H11BrN2O4. The molecule has 0 saturated carbocycles. The predicted octanol–water partition coefficient (Wildman–Crippen LogP) is 1.65. The van der Waals surface area contributed by atoms with Crippen molar-refractivity contribution in [1.82, 2.24) is 4.98 Å². The van der Waals surface area contributed by atoms with Gasteiger partial charge in [0.15, 0.2) is 17.7 Å². The highest BCUT2D eigenvalue weighted by Crippen LogP contribution is 2.31. The number of carbonyl (C=O) groups excluding carboxylic acids is 1. The van der Waals surface area contributed by atoms with E-state index in [2.05, 4.69) is 26.2 Å². The number of rotatable bonds is 3. The first kappa shape index (κ1) is 12.8. The van der Waals surface area contributed by atoms with Gasteiger partial charge in [0.2, 0.25) is 0 Å². The number of hydrogen-bond donors (Lipinski definition) is 2. The maximum atomic E-state index is 11.8. The molecule has 2 rings (SSSR count). The van der Waals surface area contributed by atoms with E-state index in [1.54, 1.807) is 19.1 Å². The number of nitrogens with zero attached hydrogens (tertiary/aromatic N) is 1. The van der Waals surface area contributed by atoms with Crippen LogP contribution in [-0.4, -0.2) is 28.1 Å². The number of anilines is 1. The predicted molar refractivity (Wildman–Crippen MR) is 66.4 cm³/mol.